The lowest BCUT2D eigenvalue weighted by atomic mass is 9.81. The largest absolute Gasteiger partial charge is 0.481 e. The molecule has 2 aliphatic carbocycles. The Morgan fingerprint density at radius 1 is 0.955 bits per heavy atom. The number of unbranched alkanes of at least 4 members (excludes halogenated alkanes) is 2. The molecule has 0 radical (unpaired) electrons. The SMILES string of the molecule is CC(=O)C1CCC(C)CC1.O=C(O)CCCCCC1CCC1. The molecule has 0 saturated heterocycles. The monoisotopic (exact) mass is 310 g/mol. The molecule has 0 spiro atoms. The minimum atomic E-state index is -0.654. The number of carbonyl (C=O) groups is 2. The first-order valence-electron chi connectivity index (χ1n) is 9.21. The number of hydrogen-bond acceptors (Lipinski definition) is 2. The summed E-state index contributed by atoms with van der Waals surface area (Å²) in [5.41, 5.74) is 0. The van der Waals surface area contributed by atoms with E-state index in [4.69, 9.17) is 5.11 Å². The quantitative estimate of drug-likeness (QED) is 0.656. The Kier molecular flexibility index (Phi) is 9.42. The van der Waals surface area contributed by atoms with Crippen LogP contribution in [-0.4, -0.2) is 16.9 Å². The second-order valence-electron chi connectivity index (χ2n) is 7.36. The molecule has 2 rings (SSSR count). The number of rotatable bonds is 7. The Morgan fingerprint density at radius 2 is 1.59 bits per heavy atom. The van der Waals surface area contributed by atoms with Crippen molar-refractivity contribution in [3.8, 4) is 0 Å². The van der Waals surface area contributed by atoms with Gasteiger partial charge in [0.25, 0.3) is 0 Å². The van der Waals surface area contributed by atoms with Crippen LogP contribution in [0, 0.1) is 17.8 Å². The van der Waals surface area contributed by atoms with Gasteiger partial charge < -0.3 is 5.11 Å². The van der Waals surface area contributed by atoms with Crippen molar-refractivity contribution in [1.82, 2.24) is 0 Å². The maximum Gasteiger partial charge on any atom is 0.303 e. The highest BCUT2D eigenvalue weighted by Crippen LogP contribution is 2.31. The van der Waals surface area contributed by atoms with Crippen LogP contribution in [0.25, 0.3) is 0 Å². The van der Waals surface area contributed by atoms with Crippen LogP contribution in [0.4, 0.5) is 0 Å². The van der Waals surface area contributed by atoms with Gasteiger partial charge in [-0.15, -0.1) is 0 Å². The summed E-state index contributed by atoms with van der Waals surface area (Å²) in [6, 6.07) is 0. The lowest BCUT2D eigenvalue weighted by molar-refractivity contribution is -0.137. The highest BCUT2D eigenvalue weighted by molar-refractivity contribution is 5.78. The van der Waals surface area contributed by atoms with Gasteiger partial charge in [-0.2, -0.15) is 0 Å². The van der Waals surface area contributed by atoms with Gasteiger partial charge in [-0.25, -0.2) is 0 Å². The topological polar surface area (TPSA) is 54.4 Å². The van der Waals surface area contributed by atoms with Crippen molar-refractivity contribution in [1.29, 1.82) is 0 Å². The predicted octanol–water partition coefficient (Wildman–Crippen LogP) is 5.22. The van der Waals surface area contributed by atoms with Crippen LogP contribution in [0.5, 0.6) is 0 Å². The van der Waals surface area contributed by atoms with Crippen molar-refractivity contribution >= 4 is 11.8 Å². The Balaban J connectivity index is 0.000000224. The Labute approximate surface area is 135 Å². The van der Waals surface area contributed by atoms with Gasteiger partial charge in [-0.05, 0) is 38.0 Å². The molecule has 0 aromatic rings. The number of carboxylic acid groups (broad SMARTS) is 1. The Hall–Kier alpha value is -0.860. The summed E-state index contributed by atoms with van der Waals surface area (Å²) < 4.78 is 0. The van der Waals surface area contributed by atoms with Crippen molar-refractivity contribution in [2.75, 3.05) is 0 Å². The smallest absolute Gasteiger partial charge is 0.303 e. The molecule has 0 unspecified atom stereocenters. The summed E-state index contributed by atoms with van der Waals surface area (Å²) in [5, 5.41) is 8.38. The maximum absolute atomic E-state index is 10.9. The summed E-state index contributed by atoms with van der Waals surface area (Å²) in [5.74, 6) is 1.98. The van der Waals surface area contributed by atoms with E-state index >= 15 is 0 Å². The molecule has 0 amide bonds. The highest BCUT2D eigenvalue weighted by atomic mass is 16.4. The molecule has 0 aromatic carbocycles. The molecular weight excluding hydrogens is 276 g/mol. The van der Waals surface area contributed by atoms with Crippen molar-refractivity contribution in [3.05, 3.63) is 0 Å². The average molecular weight is 310 g/mol. The van der Waals surface area contributed by atoms with Gasteiger partial charge >= 0.3 is 5.97 Å². The standard InChI is InChI=1S/C10H18O2.C9H16O/c11-10(12)8-3-1-2-5-9-6-4-7-9;1-7-3-5-9(6-4-7)8(2)10/h9H,1-8H2,(H,11,12);7,9H,3-6H2,1-2H3. The number of carboxylic acids is 1. The van der Waals surface area contributed by atoms with Crippen molar-refractivity contribution < 1.29 is 14.7 Å². The van der Waals surface area contributed by atoms with Crippen LogP contribution in [0.2, 0.25) is 0 Å². The van der Waals surface area contributed by atoms with E-state index < -0.39 is 5.97 Å². The molecule has 2 saturated carbocycles. The van der Waals surface area contributed by atoms with Crippen molar-refractivity contribution in [3.63, 3.8) is 0 Å². The molecular formula is C19H34O3. The first-order valence-corrected chi connectivity index (χ1v) is 9.21. The number of aliphatic carboxylic acids is 1. The number of Topliss-reactive ketones (excluding diaryl/α,β-unsaturated/α-hetero) is 1. The Morgan fingerprint density at radius 3 is 2.05 bits per heavy atom. The molecule has 1 N–H and O–H groups in total. The Bertz CT molecular complexity index is 326. The van der Waals surface area contributed by atoms with Crippen LogP contribution >= 0.6 is 0 Å². The second kappa shape index (κ2) is 10.8. The van der Waals surface area contributed by atoms with Crippen LogP contribution in [-0.2, 0) is 9.59 Å². The lowest BCUT2D eigenvalue weighted by Crippen LogP contribution is -2.18. The zero-order valence-corrected chi connectivity index (χ0v) is 14.5. The lowest BCUT2D eigenvalue weighted by Gasteiger charge is -2.24. The fourth-order valence-electron chi connectivity index (χ4n) is 3.33. The third-order valence-electron chi connectivity index (χ3n) is 5.32. The molecule has 0 atom stereocenters. The van der Waals surface area contributed by atoms with Gasteiger partial charge in [-0.1, -0.05) is 58.3 Å². The molecule has 22 heavy (non-hydrogen) atoms. The number of hydrogen-bond donors (Lipinski definition) is 1. The van der Waals surface area contributed by atoms with Gasteiger partial charge in [-0.3, -0.25) is 9.59 Å². The minimum Gasteiger partial charge on any atom is -0.481 e. The predicted molar refractivity (Wildman–Crippen MR) is 89.9 cm³/mol. The van der Waals surface area contributed by atoms with E-state index in [1.165, 1.54) is 44.9 Å². The number of carbonyl (C=O) groups excluding carboxylic acids is 1. The summed E-state index contributed by atoms with van der Waals surface area (Å²) in [6.45, 7) is 4.00. The second-order valence-corrected chi connectivity index (χ2v) is 7.36. The first kappa shape index (κ1) is 19.2. The maximum atomic E-state index is 10.9. The van der Waals surface area contributed by atoms with E-state index in [9.17, 15) is 9.59 Å². The summed E-state index contributed by atoms with van der Waals surface area (Å²) in [6.07, 6.45) is 13.9. The van der Waals surface area contributed by atoms with Gasteiger partial charge in [0.05, 0.1) is 0 Å². The summed E-state index contributed by atoms with van der Waals surface area (Å²) in [4.78, 5) is 21.1. The van der Waals surface area contributed by atoms with Crippen LogP contribution in [0.15, 0.2) is 0 Å². The summed E-state index contributed by atoms with van der Waals surface area (Å²) >= 11 is 0. The van der Waals surface area contributed by atoms with E-state index in [-0.39, 0.29) is 0 Å². The molecule has 0 aromatic heterocycles. The molecule has 0 aliphatic heterocycles. The minimum absolute atomic E-state index is 0.352. The average Bonchev–Trinajstić information content (AvgIpc) is 2.41. The molecule has 128 valence electrons. The van der Waals surface area contributed by atoms with Gasteiger partial charge in [0.2, 0.25) is 0 Å². The van der Waals surface area contributed by atoms with E-state index in [1.807, 2.05) is 0 Å². The van der Waals surface area contributed by atoms with E-state index in [0.29, 0.717) is 18.1 Å². The molecule has 0 bridgehead atoms. The molecule has 3 nitrogen and oxygen atoms in total. The van der Waals surface area contributed by atoms with E-state index in [1.54, 1.807) is 6.92 Å². The van der Waals surface area contributed by atoms with E-state index in [0.717, 1.165) is 37.5 Å². The van der Waals surface area contributed by atoms with Gasteiger partial charge in [0.15, 0.2) is 0 Å². The summed E-state index contributed by atoms with van der Waals surface area (Å²) in [7, 11) is 0. The van der Waals surface area contributed by atoms with Crippen molar-refractivity contribution in [2.24, 2.45) is 17.8 Å². The molecule has 3 heteroatoms. The third-order valence-corrected chi connectivity index (χ3v) is 5.32. The third kappa shape index (κ3) is 8.55. The van der Waals surface area contributed by atoms with Crippen LogP contribution in [0.1, 0.15) is 90.9 Å². The van der Waals surface area contributed by atoms with Crippen LogP contribution < -0.4 is 0 Å². The zero-order valence-electron chi connectivity index (χ0n) is 14.5. The molecule has 2 aliphatic rings. The van der Waals surface area contributed by atoms with Gasteiger partial charge in [0.1, 0.15) is 5.78 Å². The normalized spacial score (nSPS) is 24.8. The number of ketones is 1. The first-order chi connectivity index (χ1) is 10.5. The fraction of sp³-hybridized carbons (Fsp3) is 0.895. The zero-order chi connectivity index (χ0) is 16.4. The molecule has 0 heterocycles. The van der Waals surface area contributed by atoms with Crippen molar-refractivity contribution in [2.45, 2.75) is 90.9 Å². The fourth-order valence-corrected chi connectivity index (χ4v) is 3.33. The van der Waals surface area contributed by atoms with E-state index in [2.05, 4.69) is 6.92 Å². The highest BCUT2D eigenvalue weighted by Gasteiger charge is 2.20. The van der Waals surface area contributed by atoms with Crippen LogP contribution in [0.3, 0.4) is 0 Å². The van der Waals surface area contributed by atoms with Gasteiger partial charge in [0, 0.05) is 12.3 Å². The molecule has 2 fully saturated rings.